The third-order valence-corrected chi connectivity index (χ3v) is 4.35. The fourth-order valence-corrected chi connectivity index (χ4v) is 3.40. The Morgan fingerprint density at radius 3 is 2.71 bits per heavy atom. The number of ether oxygens (including phenoxy) is 2. The number of halogens is 1. The Labute approximate surface area is 125 Å². The molecule has 1 aromatic carbocycles. The van der Waals surface area contributed by atoms with Gasteiger partial charge in [0.2, 0.25) is 0 Å². The zero-order valence-electron chi connectivity index (χ0n) is 12.5. The number of fused-ring (bicyclic) bond motifs is 2. The Balaban J connectivity index is 1.63. The molecule has 3 rings (SSSR count). The Morgan fingerprint density at radius 2 is 2.05 bits per heavy atom. The maximum Gasteiger partial charge on any atom is 0.123 e. The highest BCUT2D eigenvalue weighted by atomic mass is 19.1. The summed E-state index contributed by atoms with van der Waals surface area (Å²) in [5.74, 6) is -0.158. The third kappa shape index (κ3) is 3.61. The molecule has 0 aliphatic carbocycles. The molecule has 2 aliphatic heterocycles. The van der Waals surface area contributed by atoms with Gasteiger partial charge >= 0.3 is 0 Å². The van der Waals surface area contributed by atoms with Crippen molar-refractivity contribution in [2.45, 2.75) is 18.6 Å². The summed E-state index contributed by atoms with van der Waals surface area (Å²) < 4.78 is 24.2. The fraction of sp³-hybridized carbons (Fsp3) is 0.625. The van der Waals surface area contributed by atoms with E-state index in [1.807, 2.05) is 6.07 Å². The van der Waals surface area contributed by atoms with Gasteiger partial charge in [0.15, 0.2) is 0 Å². The summed E-state index contributed by atoms with van der Waals surface area (Å²) in [4.78, 5) is 4.92. The zero-order valence-corrected chi connectivity index (χ0v) is 12.5. The topological polar surface area (TPSA) is 24.9 Å². The van der Waals surface area contributed by atoms with E-state index in [9.17, 15) is 4.39 Å². The number of methoxy groups -OCH3 is 1. The van der Waals surface area contributed by atoms with Crippen LogP contribution in [0.5, 0.6) is 0 Å². The van der Waals surface area contributed by atoms with E-state index in [2.05, 4.69) is 9.80 Å². The van der Waals surface area contributed by atoms with Gasteiger partial charge in [0.05, 0.1) is 19.8 Å². The van der Waals surface area contributed by atoms with Gasteiger partial charge in [-0.2, -0.15) is 0 Å². The molecular weight excluding hydrogens is 271 g/mol. The van der Waals surface area contributed by atoms with Crippen molar-refractivity contribution in [1.82, 2.24) is 9.80 Å². The Bertz CT molecular complexity index is 457. The van der Waals surface area contributed by atoms with Crippen molar-refractivity contribution in [3.8, 4) is 0 Å². The summed E-state index contributed by atoms with van der Waals surface area (Å²) in [7, 11) is 1.74. The van der Waals surface area contributed by atoms with Crippen molar-refractivity contribution in [2.24, 2.45) is 0 Å². The molecule has 2 bridgehead atoms. The second-order valence-electron chi connectivity index (χ2n) is 5.90. The number of rotatable bonds is 5. The van der Waals surface area contributed by atoms with Gasteiger partial charge in [0, 0.05) is 45.4 Å². The van der Waals surface area contributed by atoms with Crippen molar-refractivity contribution in [2.75, 3.05) is 46.6 Å². The number of morpholine rings is 1. The predicted molar refractivity (Wildman–Crippen MR) is 78.7 cm³/mol. The normalized spacial score (nSPS) is 27.0. The molecule has 0 radical (unpaired) electrons. The molecule has 2 fully saturated rings. The molecular formula is C16H23FN2O2. The summed E-state index contributed by atoms with van der Waals surface area (Å²) in [6, 6.07) is 7.73. The van der Waals surface area contributed by atoms with Gasteiger partial charge < -0.3 is 9.47 Å². The maximum absolute atomic E-state index is 13.3. The van der Waals surface area contributed by atoms with E-state index in [4.69, 9.17) is 9.47 Å². The van der Waals surface area contributed by atoms with Crippen LogP contribution in [0, 0.1) is 5.82 Å². The van der Waals surface area contributed by atoms with E-state index in [0.29, 0.717) is 12.1 Å². The first-order valence-electron chi connectivity index (χ1n) is 7.55. The van der Waals surface area contributed by atoms with Crippen molar-refractivity contribution in [3.05, 3.63) is 35.6 Å². The number of benzene rings is 1. The molecule has 2 heterocycles. The number of nitrogens with zero attached hydrogens (tertiary/aromatic N) is 2. The molecule has 0 amide bonds. The average Bonchev–Trinajstić information content (AvgIpc) is 2.45. The van der Waals surface area contributed by atoms with Crippen molar-refractivity contribution >= 4 is 0 Å². The fourth-order valence-electron chi connectivity index (χ4n) is 3.40. The molecule has 1 aromatic rings. The van der Waals surface area contributed by atoms with E-state index in [1.165, 1.54) is 6.07 Å². The molecule has 0 saturated carbocycles. The zero-order chi connectivity index (χ0) is 14.7. The maximum atomic E-state index is 13.3. The molecule has 4 nitrogen and oxygen atoms in total. The SMILES string of the molecule is COCCN1C2COCC1CN(Cc1cccc(F)c1)C2. The van der Waals surface area contributed by atoms with Gasteiger partial charge in [-0.25, -0.2) is 4.39 Å². The van der Waals surface area contributed by atoms with E-state index >= 15 is 0 Å². The lowest BCUT2D eigenvalue weighted by Crippen LogP contribution is -2.64. The van der Waals surface area contributed by atoms with E-state index in [-0.39, 0.29) is 5.82 Å². The Morgan fingerprint density at radius 1 is 1.29 bits per heavy atom. The van der Waals surface area contributed by atoms with Crippen LogP contribution in [0.1, 0.15) is 5.56 Å². The molecule has 0 N–H and O–H groups in total. The average molecular weight is 294 g/mol. The van der Waals surface area contributed by atoms with Crippen LogP contribution in [-0.4, -0.2) is 68.4 Å². The second-order valence-corrected chi connectivity index (χ2v) is 5.90. The van der Waals surface area contributed by atoms with Gasteiger partial charge in [0.25, 0.3) is 0 Å². The van der Waals surface area contributed by atoms with Crippen LogP contribution in [0.2, 0.25) is 0 Å². The number of hydrogen-bond donors (Lipinski definition) is 0. The predicted octanol–water partition coefficient (Wildman–Crippen LogP) is 1.36. The van der Waals surface area contributed by atoms with E-state index < -0.39 is 0 Å². The molecule has 2 unspecified atom stereocenters. The van der Waals surface area contributed by atoms with Crippen LogP contribution in [0.3, 0.4) is 0 Å². The van der Waals surface area contributed by atoms with Gasteiger partial charge in [-0.3, -0.25) is 9.80 Å². The highest BCUT2D eigenvalue weighted by molar-refractivity contribution is 5.16. The lowest BCUT2D eigenvalue weighted by Gasteiger charge is -2.49. The van der Waals surface area contributed by atoms with Crippen LogP contribution in [0.15, 0.2) is 24.3 Å². The third-order valence-electron chi connectivity index (χ3n) is 4.35. The van der Waals surface area contributed by atoms with Gasteiger partial charge in [-0.05, 0) is 17.7 Å². The van der Waals surface area contributed by atoms with E-state index in [1.54, 1.807) is 19.2 Å². The highest BCUT2D eigenvalue weighted by Gasteiger charge is 2.37. The van der Waals surface area contributed by atoms with Gasteiger partial charge in [-0.15, -0.1) is 0 Å². The lowest BCUT2D eigenvalue weighted by atomic mass is 10.0. The highest BCUT2D eigenvalue weighted by Crippen LogP contribution is 2.22. The Hall–Kier alpha value is -1.01. The minimum absolute atomic E-state index is 0.158. The minimum atomic E-state index is -0.158. The van der Waals surface area contributed by atoms with Crippen LogP contribution in [0.25, 0.3) is 0 Å². The summed E-state index contributed by atoms with van der Waals surface area (Å²) in [6.07, 6.45) is 0. The van der Waals surface area contributed by atoms with Crippen LogP contribution in [-0.2, 0) is 16.0 Å². The van der Waals surface area contributed by atoms with Crippen LogP contribution in [0.4, 0.5) is 4.39 Å². The van der Waals surface area contributed by atoms with Crippen LogP contribution >= 0.6 is 0 Å². The largest absolute Gasteiger partial charge is 0.383 e. The van der Waals surface area contributed by atoms with Gasteiger partial charge in [-0.1, -0.05) is 12.1 Å². The van der Waals surface area contributed by atoms with Gasteiger partial charge in [0.1, 0.15) is 5.82 Å². The summed E-state index contributed by atoms with van der Waals surface area (Å²) in [5, 5.41) is 0. The molecule has 2 aliphatic rings. The first-order valence-corrected chi connectivity index (χ1v) is 7.55. The van der Waals surface area contributed by atoms with Crippen molar-refractivity contribution < 1.29 is 13.9 Å². The standard InChI is InChI=1S/C16H23FN2O2/c1-20-6-5-19-15-9-18(10-16(19)12-21-11-15)8-13-3-2-4-14(17)7-13/h2-4,7,15-16H,5-6,8-12H2,1H3. The van der Waals surface area contributed by atoms with Crippen molar-refractivity contribution in [1.29, 1.82) is 0 Å². The Kier molecular flexibility index (Phi) is 4.85. The minimum Gasteiger partial charge on any atom is -0.383 e. The number of piperazine rings is 1. The smallest absolute Gasteiger partial charge is 0.123 e. The molecule has 0 aromatic heterocycles. The molecule has 2 saturated heterocycles. The lowest BCUT2D eigenvalue weighted by molar-refractivity contribution is -0.104. The van der Waals surface area contributed by atoms with Crippen LogP contribution < -0.4 is 0 Å². The molecule has 2 atom stereocenters. The molecule has 21 heavy (non-hydrogen) atoms. The quantitative estimate of drug-likeness (QED) is 0.818. The number of hydrogen-bond acceptors (Lipinski definition) is 4. The van der Waals surface area contributed by atoms with Crippen molar-refractivity contribution in [3.63, 3.8) is 0 Å². The summed E-state index contributed by atoms with van der Waals surface area (Å²) >= 11 is 0. The summed E-state index contributed by atoms with van der Waals surface area (Å²) in [6.45, 7) is 6.02. The molecule has 5 heteroatoms. The summed E-state index contributed by atoms with van der Waals surface area (Å²) in [5.41, 5.74) is 1.04. The monoisotopic (exact) mass is 294 g/mol. The van der Waals surface area contributed by atoms with E-state index in [0.717, 1.165) is 51.6 Å². The first-order chi connectivity index (χ1) is 10.3. The second kappa shape index (κ2) is 6.83. The first kappa shape index (κ1) is 14.9. The molecule has 0 spiro atoms. The molecule has 116 valence electrons.